The number of benzene rings is 1. The number of hydrogen-bond acceptors (Lipinski definition) is 3. The SMILES string of the molecule is CN(CCCN=[N+]=[N-])c1ccccc1C#N. The van der Waals surface area contributed by atoms with E-state index in [-0.39, 0.29) is 0 Å². The van der Waals surface area contributed by atoms with Crippen LogP contribution >= 0.6 is 0 Å². The topological polar surface area (TPSA) is 75.8 Å². The molecule has 0 aromatic heterocycles. The van der Waals surface area contributed by atoms with Gasteiger partial charge in [0.15, 0.2) is 0 Å². The molecule has 0 aliphatic heterocycles. The van der Waals surface area contributed by atoms with Crippen molar-refractivity contribution >= 4 is 5.69 Å². The van der Waals surface area contributed by atoms with Gasteiger partial charge in [0.1, 0.15) is 6.07 Å². The minimum absolute atomic E-state index is 0.482. The van der Waals surface area contributed by atoms with Crippen LogP contribution in [0.4, 0.5) is 5.69 Å². The van der Waals surface area contributed by atoms with E-state index in [9.17, 15) is 0 Å². The second-order valence-electron chi connectivity index (χ2n) is 3.36. The molecule has 0 spiro atoms. The molecule has 0 atom stereocenters. The predicted molar refractivity (Wildman–Crippen MR) is 63.1 cm³/mol. The molecule has 5 nitrogen and oxygen atoms in total. The molecule has 5 heteroatoms. The van der Waals surface area contributed by atoms with E-state index in [1.165, 1.54) is 0 Å². The van der Waals surface area contributed by atoms with Crippen LogP contribution in [0.5, 0.6) is 0 Å². The molecule has 1 rings (SSSR count). The molecule has 0 N–H and O–H groups in total. The summed E-state index contributed by atoms with van der Waals surface area (Å²) in [6.07, 6.45) is 0.778. The third-order valence-corrected chi connectivity index (χ3v) is 2.25. The molecular weight excluding hydrogens is 202 g/mol. The van der Waals surface area contributed by atoms with Gasteiger partial charge in [-0.1, -0.05) is 17.2 Å². The maximum Gasteiger partial charge on any atom is 0.101 e. The van der Waals surface area contributed by atoms with Crippen molar-refractivity contribution in [2.24, 2.45) is 5.11 Å². The highest BCUT2D eigenvalue weighted by molar-refractivity contribution is 5.58. The number of nitrogens with zero attached hydrogens (tertiary/aromatic N) is 5. The summed E-state index contributed by atoms with van der Waals surface area (Å²) in [6, 6.07) is 9.60. The smallest absolute Gasteiger partial charge is 0.101 e. The van der Waals surface area contributed by atoms with Crippen LogP contribution in [-0.2, 0) is 0 Å². The first-order valence-electron chi connectivity index (χ1n) is 5.00. The fourth-order valence-corrected chi connectivity index (χ4v) is 1.44. The minimum Gasteiger partial charge on any atom is -0.374 e. The Balaban J connectivity index is 2.62. The summed E-state index contributed by atoms with van der Waals surface area (Å²) in [5.41, 5.74) is 9.70. The zero-order valence-electron chi connectivity index (χ0n) is 9.17. The van der Waals surface area contributed by atoms with Crippen LogP contribution in [0.2, 0.25) is 0 Å². The first-order valence-corrected chi connectivity index (χ1v) is 5.00. The molecular formula is C11H13N5. The Hall–Kier alpha value is -2.18. The van der Waals surface area contributed by atoms with Crippen molar-refractivity contribution < 1.29 is 0 Å². The van der Waals surface area contributed by atoms with Crippen LogP contribution in [0, 0.1) is 11.3 Å². The van der Waals surface area contributed by atoms with Crippen molar-refractivity contribution in [1.29, 1.82) is 5.26 Å². The van der Waals surface area contributed by atoms with E-state index in [0.29, 0.717) is 12.1 Å². The molecule has 1 aromatic rings. The standard InChI is InChI=1S/C11H13N5/c1-16(8-4-7-14-15-13)11-6-3-2-5-10(11)9-12/h2-3,5-6H,4,7-8H2,1H3. The van der Waals surface area contributed by atoms with E-state index in [0.717, 1.165) is 18.7 Å². The number of rotatable bonds is 5. The van der Waals surface area contributed by atoms with Crippen molar-refractivity contribution in [3.8, 4) is 6.07 Å². The molecule has 0 radical (unpaired) electrons. The average Bonchev–Trinajstić information content (AvgIpc) is 2.34. The molecule has 0 amide bonds. The lowest BCUT2D eigenvalue weighted by molar-refractivity contribution is 0.791. The number of anilines is 1. The summed E-state index contributed by atoms with van der Waals surface area (Å²) in [4.78, 5) is 4.68. The number of hydrogen-bond donors (Lipinski definition) is 0. The van der Waals surface area contributed by atoms with E-state index in [1.807, 2.05) is 30.1 Å². The lowest BCUT2D eigenvalue weighted by Gasteiger charge is -2.19. The van der Waals surface area contributed by atoms with Gasteiger partial charge in [-0.25, -0.2) is 0 Å². The molecule has 1 aromatic carbocycles. The molecule has 0 saturated heterocycles. The van der Waals surface area contributed by atoms with Gasteiger partial charge in [-0.2, -0.15) is 5.26 Å². The highest BCUT2D eigenvalue weighted by Crippen LogP contribution is 2.17. The molecule has 82 valence electrons. The summed E-state index contributed by atoms with van der Waals surface area (Å²) in [5.74, 6) is 0. The van der Waals surface area contributed by atoms with Gasteiger partial charge in [-0.3, -0.25) is 0 Å². The van der Waals surface area contributed by atoms with Crippen molar-refractivity contribution in [1.82, 2.24) is 0 Å². The van der Waals surface area contributed by atoms with E-state index in [2.05, 4.69) is 16.1 Å². The summed E-state index contributed by atoms with van der Waals surface area (Å²) in [7, 11) is 1.92. The van der Waals surface area contributed by atoms with Crippen LogP contribution in [0.3, 0.4) is 0 Å². The van der Waals surface area contributed by atoms with Crippen molar-refractivity contribution in [2.75, 3.05) is 25.0 Å². The molecule has 0 aliphatic carbocycles. The quantitative estimate of drug-likeness (QED) is 0.327. The lowest BCUT2D eigenvalue weighted by Crippen LogP contribution is -2.20. The van der Waals surface area contributed by atoms with Gasteiger partial charge < -0.3 is 4.90 Å². The Morgan fingerprint density at radius 2 is 2.25 bits per heavy atom. The van der Waals surface area contributed by atoms with Crippen LogP contribution in [-0.4, -0.2) is 20.1 Å². The van der Waals surface area contributed by atoms with Crippen LogP contribution in [0.15, 0.2) is 29.4 Å². The Bertz CT molecular complexity index is 428. The number of azide groups is 1. The third-order valence-electron chi connectivity index (χ3n) is 2.25. The van der Waals surface area contributed by atoms with Gasteiger partial charge in [0.25, 0.3) is 0 Å². The second-order valence-corrected chi connectivity index (χ2v) is 3.36. The predicted octanol–water partition coefficient (Wildman–Crippen LogP) is 2.69. The maximum absolute atomic E-state index is 8.93. The maximum atomic E-state index is 8.93. The van der Waals surface area contributed by atoms with Crippen molar-refractivity contribution in [2.45, 2.75) is 6.42 Å². The normalized spacial score (nSPS) is 9.00. The highest BCUT2D eigenvalue weighted by Gasteiger charge is 2.05. The van der Waals surface area contributed by atoms with Crippen LogP contribution in [0.1, 0.15) is 12.0 Å². The molecule has 0 heterocycles. The molecule has 0 unspecified atom stereocenters. The fraction of sp³-hybridized carbons (Fsp3) is 0.364. The Morgan fingerprint density at radius 3 is 2.94 bits per heavy atom. The molecule has 0 saturated carbocycles. The van der Waals surface area contributed by atoms with E-state index < -0.39 is 0 Å². The molecule has 0 fully saturated rings. The minimum atomic E-state index is 0.482. The highest BCUT2D eigenvalue weighted by atomic mass is 15.1. The Morgan fingerprint density at radius 1 is 1.50 bits per heavy atom. The first-order chi connectivity index (χ1) is 7.79. The van der Waals surface area contributed by atoms with Gasteiger partial charge in [-0.05, 0) is 24.1 Å². The van der Waals surface area contributed by atoms with Gasteiger partial charge in [0.2, 0.25) is 0 Å². The molecule has 16 heavy (non-hydrogen) atoms. The lowest BCUT2D eigenvalue weighted by atomic mass is 10.2. The Labute approximate surface area is 94.5 Å². The zero-order chi connectivity index (χ0) is 11.8. The first kappa shape index (κ1) is 11.9. The zero-order valence-corrected chi connectivity index (χ0v) is 9.17. The van der Waals surface area contributed by atoms with Gasteiger partial charge in [0, 0.05) is 25.0 Å². The summed E-state index contributed by atoms with van der Waals surface area (Å²) in [6.45, 7) is 1.24. The molecule has 0 bridgehead atoms. The third kappa shape index (κ3) is 3.19. The summed E-state index contributed by atoms with van der Waals surface area (Å²) >= 11 is 0. The van der Waals surface area contributed by atoms with Gasteiger partial charge in [-0.15, -0.1) is 0 Å². The summed E-state index contributed by atoms with van der Waals surface area (Å²) in [5, 5.41) is 12.4. The van der Waals surface area contributed by atoms with Gasteiger partial charge in [0.05, 0.1) is 11.3 Å². The second kappa shape index (κ2) is 6.33. The monoisotopic (exact) mass is 215 g/mol. The van der Waals surface area contributed by atoms with Gasteiger partial charge >= 0.3 is 0 Å². The Kier molecular flexibility index (Phi) is 4.71. The average molecular weight is 215 g/mol. The van der Waals surface area contributed by atoms with E-state index >= 15 is 0 Å². The summed E-state index contributed by atoms with van der Waals surface area (Å²) < 4.78 is 0. The number of para-hydroxylation sites is 1. The van der Waals surface area contributed by atoms with E-state index in [4.69, 9.17) is 10.8 Å². The largest absolute Gasteiger partial charge is 0.374 e. The fourth-order valence-electron chi connectivity index (χ4n) is 1.44. The van der Waals surface area contributed by atoms with Crippen molar-refractivity contribution in [3.63, 3.8) is 0 Å². The number of nitriles is 1. The van der Waals surface area contributed by atoms with Crippen LogP contribution in [0.25, 0.3) is 10.4 Å². The van der Waals surface area contributed by atoms with E-state index in [1.54, 1.807) is 6.07 Å². The molecule has 0 aliphatic rings. The van der Waals surface area contributed by atoms with Crippen LogP contribution < -0.4 is 4.90 Å². The van der Waals surface area contributed by atoms with Crippen molar-refractivity contribution in [3.05, 3.63) is 40.3 Å².